The largest absolute Gasteiger partial charge is 0.382 e. The zero-order valence-corrected chi connectivity index (χ0v) is 9.28. The van der Waals surface area contributed by atoms with Crippen LogP contribution in [0.5, 0.6) is 0 Å². The lowest BCUT2D eigenvalue weighted by molar-refractivity contribution is 0.00186. The van der Waals surface area contributed by atoms with Crippen LogP contribution in [-0.2, 0) is 23.7 Å². The van der Waals surface area contributed by atoms with Gasteiger partial charge < -0.3 is 23.7 Å². The summed E-state index contributed by atoms with van der Waals surface area (Å²) < 4.78 is 25.6. The molecule has 0 amide bonds. The number of rotatable bonds is 11. The van der Waals surface area contributed by atoms with Crippen molar-refractivity contribution >= 4 is 0 Å². The van der Waals surface area contributed by atoms with Gasteiger partial charge in [0.15, 0.2) is 0 Å². The molecule has 1 aliphatic heterocycles. The molecule has 90 valence electrons. The van der Waals surface area contributed by atoms with E-state index in [0.717, 1.165) is 6.61 Å². The summed E-state index contributed by atoms with van der Waals surface area (Å²) >= 11 is 0. The number of methoxy groups -OCH3 is 1. The van der Waals surface area contributed by atoms with Crippen molar-refractivity contribution in [1.29, 1.82) is 0 Å². The molecule has 5 heteroatoms. The highest BCUT2D eigenvalue weighted by Gasteiger charge is 2.21. The van der Waals surface area contributed by atoms with E-state index < -0.39 is 0 Å². The summed E-state index contributed by atoms with van der Waals surface area (Å²) in [6, 6.07) is 0. The summed E-state index contributed by atoms with van der Waals surface area (Å²) in [6.45, 7) is 5.22. The highest BCUT2D eigenvalue weighted by Crippen LogP contribution is 2.07. The van der Waals surface area contributed by atoms with Crippen molar-refractivity contribution in [3.8, 4) is 0 Å². The van der Waals surface area contributed by atoms with E-state index >= 15 is 0 Å². The molecule has 1 fully saturated rings. The Morgan fingerprint density at radius 3 is 2.00 bits per heavy atom. The summed E-state index contributed by atoms with van der Waals surface area (Å²) in [5, 5.41) is 0. The smallest absolute Gasteiger partial charge is 0.104 e. The molecule has 0 N–H and O–H groups in total. The topological polar surface area (TPSA) is 49.5 Å². The van der Waals surface area contributed by atoms with Gasteiger partial charge in [0.2, 0.25) is 0 Å². The number of hydrogen-bond acceptors (Lipinski definition) is 5. The molecule has 0 aromatic heterocycles. The van der Waals surface area contributed by atoms with Gasteiger partial charge in [-0.05, 0) is 0 Å². The van der Waals surface area contributed by atoms with Crippen LogP contribution in [-0.4, -0.2) is 66.1 Å². The third-order valence-corrected chi connectivity index (χ3v) is 1.88. The average molecular weight is 220 g/mol. The molecule has 1 saturated heterocycles. The molecule has 0 bridgehead atoms. The van der Waals surface area contributed by atoms with Gasteiger partial charge in [-0.15, -0.1) is 0 Å². The van der Waals surface area contributed by atoms with Gasteiger partial charge in [-0.1, -0.05) is 0 Å². The first-order chi connectivity index (χ1) is 7.43. The molecular weight excluding hydrogens is 200 g/mol. The number of epoxide rings is 1. The second kappa shape index (κ2) is 9.06. The Bertz CT molecular complexity index is 138. The molecule has 0 saturated carbocycles. The molecule has 0 aliphatic carbocycles. The molecular formula is C10H20O5. The Kier molecular flexibility index (Phi) is 7.77. The van der Waals surface area contributed by atoms with Gasteiger partial charge in [-0.25, -0.2) is 0 Å². The number of hydrogen-bond donors (Lipinski definition) is 0. The quantitative estimate of drug-likeness (QED) is 0.364. The molecule has 0 aromatic carbocycles. The van der Waals surface area contributed by atoms with E-state index in [0.29, 0.717) is 52.4 Å². The third-order valence-electron chi connectivity index (χ3n) is 1.88. The van der Waals surface area contributed by atoms with Gasteiger partial charge in [-0.2, -0.15) is 0 Å². The van der Waals surface area contributed by atoms with E-state index in [1.807, 2.05) is 0 Å². The van der Waals surface area contributed by atoms with Gasteiger partial charge in [0.05, 0.1) is 52.9 Å². The number of ether oxygens (including phenoxy) is 5. The zero-order chi connectivity index (χ0) is 10.8. The van der Waals surface area contributed by atoms with Crippen molar-refractivity contribution in [2.24, 2.45) is 0 Å². The van der Waals surface area contributed by atoms with Crippen molar-refractivity contribution in [3.63, 3.8) is 0 Å². The SMILES string of the molecule is COCCOCCOCCOC[C@H]1CO1. The predicted octanol–water partition coefficient (Wildman–Crippen LogP) is 0.0814. The van der Waals surface area contributed by atoms with Gasteiger partial charge in [0.1, 0.15) is 6.10 Å². The van der Waals surface area contributed by atoms with Crippen LogP contribution >= 0.6 is 0 Å². The molecule has 0 radical (unpaired) electrons. The van der Waals surface area contributed by atoms with Gasteiger partial charge in [0, 0.05) is 7.11 Å². The molecule has 15 heavy (non-hydrogen) atoms. The average Bonchev–Trinajstić information content (AvgIpc) is 3.05. The Morgan fingerprint density at radius 2 is 1.47 bits per heavy atom. The van der Waals surface area contributed by atoms with Crippen LogP contribution in [0.25, 0.3) is 0 Å². The van der Waals surface area contributed by atoms with Crippen molar-refractivity contribution in [2.45, 2.75) is 6.10 Å². The minimum Gasteiger partial charge on any atom is -0.382 e. The lowest BCUT2D eigenvalue weighted by Crippen LogP contribution is -2.12. The van der Waals surface area contributed by atoms with E-state index in [4.69, 9.17) is 23.7 Å². The normalized spacial score (nSPS) is 19.4. The Morgan fingerprint density at radius 1 is 0.933 bits per heavy atom. The van der Waals surface area contributed by atoms with Crippen molar-refractivity contribution in [2.75, 3.05) is 60.0 Å². The fraction of sp³-hybridized carbons (Fsp3) is 1.00. The maximum absolute atomic E-state index is 5.29. The first kappa shape index (κ1) is 12.9. The van der Waals surface area contributed by atoms with E-state index in [1.54, 1.807) is 7.11 Å². The molecule has 5 nitrogen and oxygen atoms in total. The van der Waals surface area contributed by atoms with E-state index in [1.165, 1.54) is 0 Å². The Hall–Kier alpha value is -0.200. The van der Waals surface area contributed by atoms with E-state index in [2.05, 4.69) is 0 Å². The van der Waals surface area contributed by atoms with E-state index in [-0.39, 0.29) is 0 Å². The first-order valence-corrected chi connectivity index (χ1v) is 5.27. The summed E-state index contributed by atoms with van der Waals surface area (Å²) in [7, 11) is 1.65. The van der Waals surface area contributed by atoms with Crippen molar-refractivity contribution in [3.05, 3.63) is 0 Å². The second-order valence-electron chi connectivity index (χ2n) is 3.25. The van der Waals surface area contributed by atoms with Crippen LogP contribution in [0.15, 0.2) is 0 Å². The highest BCUT2D eigenvalue weighted by atomic mass is 16.6. The monoisotopic (exact) mass is 220 g/mol. The molecule has 0 aromatic rings. The van der Waals surface area contributed by atoms with E-state index in [9.17, 15) is 0 Å². The molecule has 1 rings (SSSR count). The molecule has 1 atom stereocenters. The minimum absolute atomic E-state index is 0.336. The summed E-state index contributed by atoms with van der Waals surface area (Å²) in [4.78, 5) is 0. The van der Waals surface area contributed by atoms with Crippen LogP contribution in [0.1, 0.15) is 0 Å². The zero-order valence-electron chi connectivity index (χ0n) is 9.28. The second-order valence-corrected chi connectivity index (χ2v) is 3.25. The van der Waals surface area contributed by atoms with Crippen molar-refractivity contribution < 1.29 is 23.7 Å². The highest BCUT2D eigenvalue weighted by molar-refractivity contribution is 4.66. The lowest BCUT2D eigenvalue weighted by atomic mass is 10.5. The third kappa shape index (κ3) is 8.77. The fourth-order valence-electron chi connectivity index (χ4n) is 0.961. The first-order valence-electron chi connectivity index (χ1n) is 5.27. The lowest BCUT2D eigenvalue weighted by Gasteiger charge is -2.05. The van der Waals surface area contributed by atoms with Gasteiger partial charge in [0.25, 0.3) is 0 Å². The van der Waals surface area contributed by atoms with Crippen LogP contribution in [0.2, 0.25) is 0 Å². The molecule has 0 spiro atoms. The summed E-state index contributed by atoms with van der Waals surface area (Å²) in [5.41, 5.74) is 0. The fourth-order valence-corrected chi connectivity index (χ4v) is 0.961. The van der Waals surface area contributed by atoms with Crippen LogP contribution in [0.4, 0.5) is 0 Å². The van der Waals surface area contributed by atoms with Crippen LogP contribution < -0.4 is 0 Å². The molecule has 1 aliphatic rings. The van der Waals surface area contributed by atoms with Crippen LogP contribution in [0.3, 0.4) is 0 Å². The van der Waals surface area contributed by atoms with Gasteiger partial charge in [-0.3, -0.25) is 0 Å². The summed E-state index contributed by atoms with van der Waals surface area (Å²) in [6.07, 6.45) is 0.336. The Balaban J connectivity index is 1.62. The maximum atomic E-state index is 5.29. The molecule has 1 heterocycles. The predicted molar refractivity (Wildman–Crippen MR) is 54.1 cm³/mol. The maximum Gasteiger partial charge on any atom is 0.104 e. The van der Waals surface area contributed by atoms with Gasteiger partial charge >= 0.3 is 0 Å². The summed E-state index contributed by atoms with van der Waals surface area (Å²) in [5.74, 6) is 0. The molecule has 0 unspecified atom stereocenters. The van der Waals surface area contributed by atoms with Crippen molar-refractivity contribution in [1.82, 2.24) is 0 Å². The minimum atomic E-state index is 0.336. The Labute approximate surface area is 90.6 Å². The van der Waals surface area contributed by atoms with Crippen LogP contribution in [0, 0.1) is 0 Å². The standard InChI is InChI=1S/C10H20O5/c1-11-2-3-12-4-5-13-6-7-14-8-10-9-15-10/h10H,2-9H2,1H3/t10-/m0/s1.